The monoisotopic (exact) mass is 358 g/mol. The van der Waals surface area contributed by atoms with Crippen LogP contribution in [-0.4, -0.2) is 31.1 Å². The van der Waals surface area contributed by atoms with Gasteiger partial charge in [-0.25, -0.2) is 13.2 Å². The summed E-state index contributed by atoms with van der Waals surface area (Å²) < 4.78 is 40.8. The molecule has 128 valence electrons. The maximum absolute atomic E-state index is 14.1. The maximum Gasteiger partial charge on any atom is 0.194 e. The number of hydrogen-bond acceptors (Lipinski definition) is 2. The first-order chi connectivity index (χ1) is 9.32. The summed E-state index contributed by atoms with van der Waals surface area (Å²) in [4.78, 5) is 2.13. The molecule has 1 aliphatic heterocycles. The first kappa shape index (κ1) is 21.5. The van der Waals surface area contributed by atoms with Crippen molar-refractivity contribution in [3.63, 3.8) is 0 Å². The van der Waals surface area contributed by atoms with Crippen molar-refractivity contribution in [3.05, 3.63) is 35.1 Å². The lowest BCUT2D eigenvalue weighted by molar-refractivity contribution is 0.0827. The smallest absolute Gasteiger partial charge is 0.194 e. The first-order valence-electron chi connectivity index (χ1n) is 6.90. The average molecular weight is 359 g/mol. The molecule has 0 aromatic heterocycles. The Morgan fingerprint density at radius 2 is 1.55 bits per heavy atom. The van der Waals surface area contributed by atoms with Gasteiger partial charge in [0.05, 0.1) is 0 Å². The zero-order valence-electron chi connectivity index (χ0n) is 13.0. The van der Waals surface area contributed by atoms with Gasteiger partial charge in [-0.05, 0) is 11.5 Å². The van der Waals surface area contributed by atoms with Gasteiger partial charge in [0.15, 0.2) is 17.5 Å². The number of nitrogens with one attached hydrogen (secondary N) is 1. The molecule has 0 amide bonds. The van der Waals surface area contributed by atoms with E-state index in [1.807, 2.05) is 20.8 Å². The largest absolute Gasteiger partial charge is 0.314 e. The number of halogens is 5. The molecule has 0 unspecified atom stereocenters. The van der Waals surface area contributed by atoms with Crippen LogP contribution in [0, 0.1) is 22.9 Å². The summed E-state index contributed by atoms with van der Waals surface area (Å²) in [6.07, 6.45) is 0. The van der Waals surface area contributed by atoms with Crippen molar-refractivity contribution in [2.24, 2.45) is 5.41 Å². The van der Waals surface area contributed by atoms with Crippen molar-refractivity contribution in [2.45, 2.75) is 26.8 Å². The summed E-state index contributed by atoms with van der Waals surface area (Å²) in [6.45, 7) is 9.12. The molecule has 1 aromatic rings. The van der Waals surface area contributed by atoms with Gasteiger partial charge in [-0.15, -0.1) is 24.8 Å². The van der Waals surface area contributed by atoms with Gasteiger partial charge >= 0.3 is 0 Å². The third-order valence-corrected chi connectivity index (χ3v) is 3.70. The number of benzene rings is 1. The van der Waals surface area contributed by atoms with Gasteiger partial charge in [0.2, 0.25) is 0 Å². The molecular formula is C15H23Cl2F3N2. The van der Waals surface area contributed by atoms with Crippen LogP contribution in [0.2, 0.25) is 0 Å². The normalized spacial score (nSPS) is 17.4. The molecule has 1 fully saturated rings. The molecule has 0 saturated carbocycles. The SMILES string of the molecule is CC(C)(C)[C@@H](c1ccc(F)c(F)c1F)N1CCNCC1.Cl.Cl. The minimum Gasteiger partial charge on any atom is -0.314 e. The maximum atomic E-state index is 14.1. The third kappa shape index (κ3) is 4.51. The van der Waals surface area contributed by atoms with Gasteiger partial charge in [-0.2, -0.15) is 0 Å². The van der Waals surface area contributed by atoms with Gasteiger partial charge < -0.3 is 5.32 Å². The molecule has 0 spiro atoms. The highest BCUT2D eigenvalue weighted by molar-refractivity contribution is 5.85. The zero-order valence-corrected chi connectivity index (χ0v) is 14.6. The average Bonchev–Trinajstić information content (AvgIpc) is 2.39. The molecule has 0 aliphatic carbocycles. The highest BCUT2D eigenvalue weighted by atomic mass is 35.5. The Bertz CT molecular complexity index is 486. The summed E-state index contributed by atoms with van der Waals surface area (Å²) >= 11 is 0. The lowest BCUT2D eigenvalue weighted by atomic mass is 9.80. The molecule has 1 saturated heterocycles. The Morgan fingerprint density at radius 1 is 1.00 bits per heavy atom. The van der Waals surface area contributed by atoms with Crippen LogP contribution in [0.15, 0.2) is 12.1 Å². The summed E-state index contributed by atoms with van der Waals surface area (Å²) in [5.41, 5.74) is -0.0408. The molecule has 22 heavy (non-hydrogen) atoms. The molecule has 1 aromatic carbocycles. The second-order valence-electron chi connectivity index (χ2n) is 6.32. The van der Waals surface area contributed by atoms with Crippen LogP contribution in [0.4, 0.5) is 13.2 Å². The van der Waals surface area contributed by atoms with Gasteiger partial charge in [0.25, 0.3) is 0 Å². The van der Waals surface area contributed by atoms with E-state index in [0.717, 1.165) is 32.2 Å². The van der Waals surface area contributed by atoms with Crippen LogP contribution in [-0.2, 0) is 0 Å². The lowest BCUT2D eigenvalue weighted by Gasteiger charge is -2.42. The Hall–Kier alpha value is -0.490. The summed E-state index contributed by atoms with van der Waals surface area (Å²) in [5, 5.41) is 3.24. The fourth-order valence-corrected chi connectivity index (χ4v) is 2.90. The Labute approximate surface area is 142 Å². The topological polar surface area (TPSA) is 15.3 Å². The second kappa shape index (κ2) is 8.39. The van der Waals surface area contributed by atoms with Crippen LogP contribution < -0.4 is 5.32 Å². The molecular weight excluding hydrogens is 336 g/mol. The number of nitrogens with zero attached hydrogens (tertiary/aromatic N) is 1. The molecule has 1 N–H and O–H groups in total. The Kier molecular flexibility index (Phi) is 8.20. The van der Waals surface area contributed by atoms with Crippen LogP contribution in [0.1, 0.15) is 32.4 Å². The molecule has 1 aliphatic rings. The number of rotatable bonds is 2. The molecule has 7 heteroatoms. The van der Waals surface area contributed by atoms with Crippen molar-refractivity contribution in [1.82, 2.24) is 10.2 Å². The third-order valence-electron chi connectivity index (χ3n) is 3.70. The van der Waals surface area contributed by atoms with E-state index in [2.05, 4.69) is 10.2 Å². The van der Waals surface area contributed by atoms with E-state index >= 15 is 0 Å². The molecule has 1 heterocycles. The zero-order chi connectivity index (χ0) is 14.9. The highest BCUT2D eigenvalue weighted by Crippen LogP contribution is 2.39. The summed E-state index contributed by atoms with van der Waals surface area (Å²) in [5.74, 6) is -3.59. The van der Waals surface area contributed by atoms with E-state index in [9.17, 15) is 13.2 Å². The van der Waals surface area contributed by atoms with Crippen molar-refractivity contribution < 1.29 is 13.2 Å². The van der Waals surface area contributed by atoms with Crippen molar-refractivity contribution in [3.8, 4) is 0 Å². The van der Waals surface area contributed by atoms with Gasteiger partial charge in [0.1, 0.15) is 0 Å². The van der Waals surface area contributed by atoms with E-state index in [4.69, 9.17) is 0 Å². The van der Waals surface area contributed by atoms with E-state index < -0.39 is 17.5 Å². The molecule has 2 nitrogen and oxygen atoms in total. The van der Waals surface area contributed by atoms with Gasteiger partial charge in [-0.3, -0.25) is 4.90 Å². The predicted molar refractivity (Wildman–Crippen MR) is 87.5 cm³/mol. The molecule has 1 atom stereocenters. The Balaban J connectivity index is 0.00000220. The molecule has 2 rings (SSSR count). The summed E-state index contributed by atoms with van der Waals surface area (Å²) in [7, 11) is 0. The quantitative estimate of drug-likeness (QED) is 0.805. The van der Waals surface area contributed by atoms with Crippen LogP contribution >= 0.6 is 24.8 Å². The van der Waals surface area contributed by atoms with E-state index in [1.54, 1.807) is 0 Å². The van der Waals surface area contributed by atoms with Gasteiger partial charge in [-0.1, -0.05) is 26.8 Å². The molecule has 0 bridgehead atoms. The Morgan fingerprint density at radius 3 is 2.05 bits per heavy atom. The minimum absolute atomic E-state index is 0. The second-order valence-corrected chi connectivity index (χ2v) is 6.32. The highest BCUT2D eigenvalue weighted by Gasteiger charge is 2.35. The van der Waals surface area contributed by atoms with E-state index in [-0.39, 0.29) is 41.8 Å². The fourth-order valence-electron chi connectivity index (χ4n) is 2.90. The minimum atomic E-state index is -1.38. The van der Waals surface area contributed by atoms with E-state index in [0.29, 0.717) is 0 Å². The van der Waals surface area contributed by atoms with Crippen molar-refractivity contribution >= 4 is 24.8 Å². The van der Waals surface area contributed by atoms with Crippen LogP contribution in [0.5, 0.6) is 0 Å². The standard InChI is InChI=1S/C15H21F3N2.2ClH/c1-15(2,3)14(20-8-6-19-7-9-20)10-4-5-11(16)13(18)12(10)17;;/h4-5,14,19H,6-9H2,1-3H3;2*1H/t14-;;/m1../s1. The number of hydrogen-bond donors (Lipinski definition) is 1. The van der Waals surface area contributed by atoms with Crippen molar-refractivity contribution in [2.75, 3.05) is 26.2 Å². The van der Waals surface area contributed by atoms with Crippen LogP contribution in [0.25, 0.3) is 0 Å². The van der Waals surface area contributed by atoms with E-state index in [1.165, 1.54) is 6.07 Å². The summed E-state index contributed by atoms with van der Waals surface area (Å²) in [6, 6.07) is 2.10. The fraction of sp³-hybridized carbons (Fsp3) is 0.600. The predicted octanol–water partition coefficient (Wildman–Crippen LogP) is 3.94. The van der Waals surface area contributed by atoms with Crippen LogP contribution in [0.3, 0.4) is 0 Å². The number of piperazine rings is 1. The lowest BCUT2D eigenvalue weighted by Crippen LogP contribution is -2.48. The van der Waals surface area contributed by atoms with Crippen molar-refractivity contribution in [1.29, 1.82) is 0 Å². The molecule has 0 radical (unpaired) electrons. The first-order valence-corrected chi connectivity index (χ1v) is 6.90. The van der Waals surface area contributed by atoms with Gasteiger partial charge in [0, 0.05) is 37.8 Å².